The van der Waals surface area contributed by atoms with Crippen LogP contribution in [0.25, 0.3) is 0 Å². The molecular weight excluding hydrogens is 566 g/mol. The number of nitrogens with one attached hydrogen (secondary N) is 2. The number of carbonyl (C=O) groups excluding carboxylic acids is 2. The van der Waals surface area contributed by atoms with Crippen LogP contribution in [0.15, 0.2) is 64.2 Å². The number of aryl methyl sites for hydroxylation is 1. The lowest BCUT2D eigenvalue weighted by molar-refractivity contribution is -0.118. The standard InChI is InChI=1S/C29H32BrN3O6/c1-5-12-38-24-11-10-21(16-25(24)37-6-2)29(35)33-31-17-20-14-23(30)28(26(15-20)36-4)39-18-27(34)32-22-9-7-8-19(3)13-22/h7-11,13-17H,5-6,12,18H2,1-4H3,(H,32,34)(H,33,35)/b31-17+. The van der Waals surface area contributed by atoms with Gasteiger partial charge in [-0.05, 0) is 89.8 Å². The van der Waals surface area contributed by atoms with Crippen LogP contribution in [0.5, 0.6) is 23.0 Å². The summed E-state index contributed by atoms with van der Waals surface area (Å²) in [5, 5.41) is 6.86. The van der Waals surface area contributed by atoms with Crippen molar-refractivity contribution in [2.24, 2.45) is 5.10 Å². The van der Waals surface area contributed by atoms with Gasteiger partial charge in [0.05, 0.1) is 31.0 Å². The summed E-state index contributed by atoms with van der Waals surface area (Å²) < 4.78 is 23.0. The summed E-state index contributed by atoms with van der Waals surface area (Å²) in [6.45, 7) is 6.62. The van der Waals surface area contributed by atoms with Crippen molar-refractivity contribution in [3.8, 4) is 23.0 Å². The monoisotopic (exact) mass is 597 g/mol. The van der Waals surface area contributed by atoms with E-state index < -0.39 is 5.91 Å². The van der Waals surface area contributed by atoms with Crippen molar-refractivity contribution in [1.82, 2.24) is 5.43 Å². The molecule has 0 aliphatic carbocycles. The fraction of sp³-hybridized carbons (Fsp3) is 0.276. The average molecular weight is 598 g/mol. The third-order valence-electron chi connectivity index (χ3n) is 5.25. The Labute approximate surface area is 236 Å². The highest BCUT2D eigenvalue weighted by atomic mass is 79.9. The van der Waals surface area contributed by atoms with Gasteiger partial charge in [0, 0.05) is 11.3 Å². The van der Waals surface area contributed by atoms with E-state index in [0.717, 1.165) is 12.0 Å². The second-order valence-corrected chi connectivity index (χ2v) is 9.24. The number of nitrogens with zero attached hydrogens (tertiary/aromatic N) is 1. The molecule has 0 saturated carbocycles. The Morgan fingerprint density at radius 3 is 2.51 bits per heavy atom. The number of anilines is 1. The lowest BCUT2D eigenvalue weighted by Gasteiger charge is -2.14. The number of hydrogen-bond acceptors (Lipinski definition) is 7. The Hall–Kier alpha value is -4.05. The Bertz CT molecular complexity index is 1330. The molecule has 3 aromatic rings. The first-order valence-corrected chi connectivity index (χ1v) is 13.2. The molecule has 0 aliphatic rings. The van der Waals surface area contributed by atoms with Crippen LogP contribution in [0.4, 0.5) is 5.69 Å². The van der Waals surface area contributed by atoms with E-state index in [2.05, 4.69) is 31.8 Å². The Morgan fingerprint density at radius 2 is 1.79 bits per heavy atom. The van der Waals surface area contributed by atoms with E-state index in [9.17, 15) is 9.59 Å². The van der Waals surface area contributed by atoms with Crippen LogP contribution >= 0.6 is 15.9 Å². The summed E-state index contributed by atoms with van der Waals surface area (Å²) in [5.41, 5.74) is 5.26. The molecule has 0 unspecified atom stereocenters. The molecule has 0 aromatic heterocycles. The summed E-state index contributed by atoms with van der Waals surface area (Å²) in [7, 11) is 1.49. The van der Waals surface area contributed by atoms with Gasteiger partial charge < -0.3 is 24.3 Å². The van der Waals surface area contributed by atoms with Crippen molar-refractivity contribution in [1.29, 1.82) is 0 Å². The molecule has 0 bridgehead atoms. The molecule has 0 heterocycles. The van der Waals surface area contributed by atoms with E-state index in [4.69, 9.17) is 18.9 Å². The van der Waals surface area contributed by atoms with Gasteiger partial charge in [-0.15, -0.1) is 0 Å². The highest BCUT2D eigenvalue weighted by Crippen LogP contribution is 2.36. The molecule has 2 N–H and O–H groups in total. The maximum atomic E-state index is 12.6. The number of halogens is 1. The number of ether oxygens (including phenoxy) is 4. The summed E-state index contributed by atoms with van der Waals surface area (Å²) in [4.78, 5) is 25.0. The number of methoxy groups -OCH3 is 1. The predicted octanol–water partition coefficient (Wildman–Crippen LogP) is 5.74. The molecule has 0 radical (unpaired) electrons. The number of hydrazone groups is 1. The molecule has 0 aliphatic heterocycles. The summed E-state index contributed by atoms with van der Waals surface area (Å²) in [6, 6.07) is 15.9. The molecule has 0 fully saturated rings. The molecule has 39 heavy (non-hydrogen) atoms. The zero-order chi connectivity index (χ0) is 28.2. The molecular formula is C29H32BrN3O6. The van der Waals surface area contributed by atoms with Crippen LogP contribution < -0.4 is 29.7 Å². The third kappa shape index (κ3) is 8.75. The van der Waals surface area contributed by atoms with Crippen molar-refractivity contribution in [2.75, 3.05) is 32.2 Å². The topological polar surface area (TPSA) is 107 Å². The smallest absolute Gasteiger partial charge is 0.271 e. The Balaban J connectivity index is 1.63. The van der Waals surface area contributed by atoms with Crippen LogP contribution in [0.1, 0.15) is 41.8 Å². The first kappa shape index (κ1) is 29.5. The van der Waals surface area contributed by atoms with Crippen molar-refractivity contribution < 1.29 is 28.5 Å². The van der Waals surface area contributed by atoms with Crippen molar-refractivity contribution in [2.45, 2.75) is 27.2 Å². The lowest BCUT2D eigenvalue weighted by atomic mass is 10.2. The minimum atomic E-state index is -0.403. The minimum Gasteiger partial charge on any atom is -0.493 e. The predicted molar refractivity (Wildman–Crippen MR) is 154 cm³/mol. The molecule has 3 rings (SSSR count). The highest BCUT2D eigenvalue weighted by molar-refractivity contribution is 9.10. The quantitative estimate of drug-likeness (QED) is 0.192. The van der Waals surface area contributed by atoms with Gasteiger partial charge >= 0.3 is 0 Å². The molecule has 3 aromatic carbocycles. The summed E-state index contributed by atoms with van der Waals surface area (Å²) in [6.07, 6.45) is 2.33. The second-order valence-electron chi connectivity index (χ2n) is 8.38. The number of rotatable bonds is 13. The summed E-state index contributed by atoms with van der Waals surface area (Å²) >= 11 is 3.46. The molecule has 0 spiro atoms. The molecule has 10 heteroatoms. The lowest BCUT2D eigenvalue weighted by Crippen LogP contribution is -2.20. The van der Waals surface area contributed by atoms with Gasteiger partial charge in [0.1, 0.15) is 0 Å². The van der Waals surface area contributed by atoms with Crippen molar-refractivity contribution in [3.05, 3.63) is 75.8 Å². The van der Waals surface area contributed by atoms with Gasteiger partial charge in [-0.1, -0.05) is 19.1 Å². The van der Waals surface area contributed by atoms with E-state index in [0.29, 0.717) is 57.5 Å². The Kier molecular flexibility index (Phi) is 11.2. The van der Waals surface area contributed by atoms with Gasteiger partial charge in [-0.2, -0.15) is 5.10 Å². The van der Waals surface area contributed by atoms with Crippen LogP contribution in [0.2, 0.25) is 0 Å². The number of amides is 2. The maximum Gasteiger partial charge on any atom is 0.271 e. The van der Waals surface area contributed by atoms with Crippen molar-refractivity contribution >= 4 is 39.6 Å². The first-order valence-electron chi connectivity index (χ1n) is 12.4. The van der Waals surface area contributed by atoms with Gasteiger partial charge in [0.2, 0.25) is 0 Å². The third-order valence-corrected chi connectivity index (χ3v) is 5.84. The van der Waals surface area contributed by atoms with E-state index in [1.807, 2.05) is 45.0 Å². The van der Waals surface area contributed by atoms with Crippen LogP contribution in [-0.2, 0) is 4.79 Å². The van der Waals surface area contributed by atoms with Gasteiger partial charge in [0.15, 0.2) is 29.6 Å². The summed E-state index contributed by atoms with van der Waals surface area (Å²) in [5.74, 6) is 1.14. The van der Waals surface area contributed by atoms with Gasteiger partial charge in [0.25, 0.3) is 11.8 Å². The molecule has 2 amide bonds. The van der Waals surface area contributed by atoms with E-state index in [1.54, 1.807) is 30.3 Å². The first-order chi connectivity index (χ1) is 18.8. The highest BCUT2D eigenvalue weighted by Gasteiger charge is 2.14. The zero-order valence-corrected chi connectivity index (χ0v) is 24.0. The number of carbonyl (C=O) groups is 2. The second kappa shape index (κ2) is 14.8. The van der Waals surface area contributed by atoms with Gasteiger partial charge in [-0.25, -0.2) is 5.43 Å². The van der Waals surface area contributed by atoms with Crippen molar-refractivity contribution in [3.63, 3.8) is 0 Å². The minimum absolute atomic E-state index is 0.210. The normalized spacial score (nSPS) is 10.7. The molecule has 9 nitrogen and oxygen atoms in total. The van der Waals surface area contributed by atoms with E-state index >= 15 is 0 Å². The fourth-order valence-corrected chi connectivity index (χ4v) is 4.07. The largest absolute Gasteiger partial charge is 0.493 e. The van der Waals surface area contributed by atoms with E-state index in [-0.39, 0.29) is 12.5 Å². The van der Waals surface area contributed by atoms with E-state index in [1.165, 1.54) is 13.3 Å². The maximum absolute atomic E-state index is 12.6. The van der Waals surface area contributed by atoms with Crippen LogP contribution in [0.3, 0.4) is 0 Å². The SMILES string of the molecule is CCCOc1ccc(C(=O)N/N=C/c2cc(Br)c(OCC(=O)Nc3cccc(C)c3)c(OC)c2)cc1OCC. The average Bonchev–Trinajstić information content (AvgIpc) is 2.91. The number of hydrogen-bond donors (Lipinski definition) is 2. The Morgan fingerprint density at radius 1 is 0.974 bits per heavy atom. The van der Waals surface area contributed by atoms with Crippen LogP contribution in [-0.4, -0.2) is 45.0 Å². The molecule has 0 saturated heterocycles. The van der Waals surface area contributed by atoms with Crippen LogP contribution in [0, 0.1) is 6.92 Å². The fourth-order valence-electron chi connectivity index (χ4n) is 3.49. The molecule has 206 valence electrons. The number of benzene rings is 3. The molecule has 0 atom stereocenters. The van der Waals surface area contributed by atoms with Gasteiger partial charge in [-0.3, -0.25) is 9.59 Å². The zero-order valence-electron chi connectivity index (χ0n) is 22.4.